The number of aryl methyl sites for hydroxylation is 2. The molecule has 4 heteroatoms. The van der Waals surface area contributed by atoms with E-state index in [1.807, 2.05) is 31.2 Å². The molecule has 0 fully saturated rings. The van der Waals surface area contributed by atoms with Crippen LogP contribution in [0.5, 0.6) is 0 Å². The Bertz CT molecular complexity index is 613. The SMILES string of the molecule is Cc1cc(C(CN)Nc2ccc(C)c(Cl)c2)ccc1F. The Labute approximate surface area is 123 Å². The zero-order chi connectivity index (χ0) is 14.7. The maximum atomic E-state index is 13.3. The molecule has 0 aliphatic carbocycles. The summed E-state index contributed by atoms with van der Waals surface area (Å²) >= 11 is 6.11. The van der Waals surface area contributed by atoms with Crippen LogP contribution in [-0.2, 0) is 0 Å². The second-order valence-corrected chi connectivity index (χ2v) is 5.31. The van der Waals surface area contributed by atoms with Gasteiger partial charge in [0.25, 0.3) is 0 Å². The van der Waals surface area contributed by atoms with E-state index in [0.717, 1.165) is 16.8 Å². The number of rotatable bonds is 4. The van der Waals surface area contributed by atoms with Crippen LogP contribution >= 0.6 is 11.6 Å². The van der Waals surface area contributed by atoms with Gasteiger partial charge in [0.1, 0.15) is 5.82 Å². The monoisotopic (exact) mass is 292 g/mol. The molecule has 0 aliphatic heterocycles. The summed E-state index contributed by atoms with van der Waals surface area (Å²) in [7, 11) is 0. The van der Waals surface area contributed by atoms with Gasteiger partial charge in [-0.15, -0.1) is 0 Å². The molecular formula is C16H18ClFN2. The Hall–Kier alpha value is -1.58. The second-order valence-electron chi connectivity index (χ2n) is 4.91. The van der Waals surface area contributed by atoms with Crippen molar-refractivity contribution < 1.29 is 4.39 Å². The van der Waals surface area contributed by atoms with E-state index < -0.39 is 0 Å². The predicted octanol–water partition coefficient (Wildman–Crippen LogP) is 4.21. The van der Waals surface area contributed by atoms with E-state index in [0.29, 0.717) is 17.1 Å². The first kappa shape index (κ1) is 14.8. The molecule has 20 heavy (non-hydrogen) atoms. The zero-order valence-corrected chi connectivity index (χ0v) is 12.3. The summed E-state index contributed by atoms with van der Waals surface area (Å²) in [6.07, 6.45) is 0. The zero-order valence-electron chi connectivity index (χ0n) is 11.6. The quantitative estimate of drug-likeness (QED) is 0.886. The maximum Gasteiger partial charge on any atom is 0.126 e. The van der Waals surface area contributed by atoms with E-state index >= 15 is 0 Å². The van der Waals surface area contributed by atoms with Crippen LogP contribution in [0.15, 0.2) is 36.4 Å². The molecule has 3 N–H and O–H groups in total. The molecule has 2 aromatic rings. The molecule has 1 unspecified atom stereocenters. The van der Waals surface area contributed by atoms with Gasteiger partial charge >= 0.3 is 0 Å². The second kappa shape index (κ2) is 6.25. The molecule has 0 saturated carbocycles. The fourth-order valence-corrected chi connectivity index (χ4v) is 2.23. The van der Waals surface area contributed by atoms with Crippen LogP contribution in [0.1, 0.15) is 22.7 Å². The van der Waals surface area contributed by atoms with E-state index in [1.54, 1.807) is 13.0 Å². The van der Waals surface area contributed by atoms with Crippen molar-refractivity contribution in [2.45, 2.75) is 19.9 Å². The van der Waals surface area contributed by atoms with Gasteiger partial charge < -0.3 is 11.1 Å². The minimum Gasteiger partial charge on any atom is -0.377 e. The number of hydrogen-bond donors (Lipinski definition) is 2. The van der Waals surface area contributed by atoms with Gasteiger partial charge in [0.2, 0.25) is 0 Å². The molecule has 0 saturated heterocycles. The van der Waals surface area contributed by atoms with Crippen molar-refractivity contribution >= 4 is 17.3 Å². The van der Waals surface area contributed by atoms with E-state index in [9.17, 15) is 4.39 Å². The summed E-state index contributed by atoms with van der Waals surface area (Å²) in [6, 6.07) is 10.7. The van der Waals surface area contributed by atoms with Crippen molar-refractivity contribution in [3.63, 3.8) is 0 Å². The smallest absolute Gasteiger partial charge is 0.126 e. The van der Waals surface area contributed by atoms with Gasteiger partial charge in [0.05, 0.1) is 6.04 Å². The lowest BCUT2D eigenvalue weighted by molar-refractivity contribution is 0.616. The van der Waals surface area contributed by atoms with Gasteiger partial charge in [-0.2, -0.15) is 0 Å². The molecule has 2 nitrogen and oxygen atoms in total. The van der Waals surface area contributed by atoms with Crippen molar-refractivity contribution in [1.29, 1.82) is 0 Å². The topological polar surface area (TPSA) is 38.0 Å². The molecule has 0 aromatic heterocycles. The third-order valence-corrected chi connectivity index (χ3v) is 3.74. The highest BCUT2D eigenvalue weighted by Crippen LogP contribution is 2.24. The van der Waals surface area contributed by atoms with Crippen LogP contribution in [0.4, 0.5) is 10.1 Å². The van der Waals surface area contributed by atoms with E-state index in [1.165, 1.54) is 6.07 Å². The van der Waals surface area contributed by atoms with Gasteiger partial charge in [0.15, 0.2) is 0 Å². The third kappa shape index (κ3) is 3.30. The van der Waals surface area contributed by atoms with Crippen LogP contribution < -0.4 is 11.1 Å². The third-order valence-electron chi connectivity index (χ3n) is 3.33. The van der Waals surface area contributed by atoms with Crippen LogP contribution in [0.3, 0.4) is 0 Å². The predicted molar refractivity (Wildman–Crippen MR) is 82.7 cm³/mol. The summed E-state index contributed by atoms with van der Waals surface area (Å²) in [5.41, 5.74) is 9.32. The van der Waals surface area contributed by atoms with Crippen molar-refractivity contribution in [2.75, 3.05) is 11.9 Å². The highest BCUT2D eigenvalue weighted by molar-refractivity contribution is 6.31. The molecule has 0 radical (unpaired) electrons. The normalized spacial score (nSPS) is 12.2. The molecule has 2 aromatic carbocycles. The minimum absolute atomic E-state index is 0.0759. The molecule has 0 bridgehead atoms. The van der Waals surface area contributed by atoms with E-state index in [4.69, 9.17) is 17.3 Å². The van der Waals surface area contributed by atoms with Crippen molar-refractivity contribution in [1.82, 2.24) is 0 Å². The standard InChI is InChI=1S/C16H18ClFN2/c1-10-3-5-13(8-14(10)17)20-16(9-19)12-4-6-15(18)11(2)7-12/h3-8,16,20H,9,19H2,1-2H3. The molecule has 0 heterocycles. The first-order valence-electron chi connectivity index (χ1n) is 6.50. The first-order chi connectivity index (χ1) is 9.51. The number of benzene rings is 2. The number of halogens is 2. The van der Waals surface area contributed by atoms with E-state index in [2.05, 4.69) is 5.32 Å². The number of anilines is 1. The van der Waals surface area contributed by atoms with Gasteiger partial charge in [-0.1, -0.05) is 29.8 Å². The number of nitrogens with one attached hydrogen (secondary N) is 1. The largest absolute Gasteiger partial charge is 0.377 e. The van der Waals surface area contributed by atoms with Crippen molar-refractivity contribution in [3.8, 4) is 0 Å². The fraction of sp³-hybridized carbons (Fsp3) is 0.250. The minimum atomic E-state index is -0.206. The average Bonchev–Trinajstić information content (AvgIpc) is 2.43. The fourth-order valence-electron chi connectivity index (χ4n) is 2.05. The summed E-state index contributed by atoms with van der Waals surface area (Å²) in [4.78, 5) is 0. The first-order valence-corrected chi connectivity index (χ1v) is 6.88. The lowest BCUT2D eigenvalue weighted by Gasteiger charge is -2.19. The lowest BCUT2D eigenvalue weighted by Crippen LogP contribution is -2.20. The maximum absolute atomic E-state index is 13.3. The van der Waals surface area contributed by atoms with Gasteiger partial charge in [-0.25, -0.2) is 4.39 Å². The van der Waals surface area contributed by atoms with Gasteiger partial charge in [-0.3, -0.25) is 0 Å². The van der Waals surface area contributed by atoms with Crippen LogP contribution in [0.2, 0.25) is 5.02 Å². The Kier molecular flexibility index (Phi) is 4.63. The van der Waals surface area contributed by atoms with Gasteiger partial charge in [0, 0.05) is 17.3 Å². The highest BCUT2D eigenvalue weighted by Gasteiger charge is 2.11. The molecule has 2 rings (SSSR count). The molecular weight excluding hydrogens is 275 g/mol. The summed E-state index contributed by atoms with van der Waals surface area (Å²) < 4.78 is 13.3. The lowest BCUT2D eigenvalue weighted by atomic mass is 10.0. The number of nitrogens with two attached hydrogens (primary N) is 1. The Balaban J connectivity index is 2.23. The molecule has 1 atom stereocenters. The van der Waals surface area contributed by atoms with E-state index in [-0.39, 0.29) is 11.9 Å². The summed E-state index contributed by atoms with van der Waals surface area (Å²) in [5, 5.41) is 4.04. The Morgan fingerprint density at radius 2 is 1.90 bits per heavy atom. The molecule has 0 amide bonds. The van der Waals surface area contributed by atoms with Crippen LogP contribution in [0.25, 0.3) is 0 Å². The van der Waals surface area contributed by atoms with Crippen LogP contribution in [-0.4, -0.2) is 6.54 Å². The van der Waals surface area contributed by atoms with Gasteiger partial charge in [-0.05, 0) is 48.7 Å². The van der Waals surface area contributed by atoms with Crippen molar-refractivity contribution in [2.24, 2.45) is 5.73 Å². The molecule has 0 spiro atoms. The highest BCUT2D eigenvalue weighted by atomic mass is 35.5. The number of hydrogen-bond acceptors (Lipinski definition) is 2. The average molecular weight is 293 g/mol. The van der Waals surface area contributed by atoms with Crippen LogP contribution in [0, 0.1) is 19.7 Å². The van der Waals surface area contributed by atoms with Crippen molar-refractivity contribution in [3.05, 3.63) is 63.9 Å². The Morgan fingerprint density at radius 3 is 2.50 bits per heavy atom. The summed E-state index contributed by atoms with van der Waals surface area (Å²) in [6.45, 7) is 4.11. The molecule has 0 aliphatic rings. The Morgan fingerprint density at radius 1 is 1.15 bits per heavy atom. The summed E-state index contributed by atoms with van der Waals surface area (Å²) in [5.74, 6) is -0.206. The molecule has 106 valence electrons.